The lowest BCUT2D eigenvalue weighted by atomic mass is 10.2. The van der Waals surface area contributed by atoms with E-state index >= 15 is 0 Å². The van der Waals surface area contributed by atoms with E-state index in [9.17, 15) is 14.7 Å². The number of carboxylic acids is 1. The molecule has 4 nitrogen and oxygen atoms in total. The molecule has 0 aliphatic carbocycles. The third kappa shape index (κ3) is 6.15. The molecule has 0 spiro atoms. The summed E-state index contributed by atoms with van der Waals surface area (Å²) in [6.07, 6.45) is 0.375. The molecule has 0 atom stereocenters. The van der Waals surface area contributed by atoms with Gasteiger partial charge >= 0.3 is 5.97 Å². The lowest BCUT2D eigenvalue weighted by Crippen LogP contribution is -2.34. The van der Waals surface area contributed by atoms with E-state index in [1.165, 1.54) is 35.0 Å². The molecule has 4 aromatic rings. The first-order valence-electron chi connectivity index (χ1n) is 10.5. The van der Waals surface area contributed by atoms with E-state index in [1.54, 1.807) is 18.2 Å². The van der Waals surface area contributed by atoms with Crippen molar-refractivity contribution in [3.63, 3.8) is 0 Å². The average Bonchev–Trinajstić information content (AvgIpc) is 2.87. The van der Waals surface area contributed by atoms with Crippen molar-refractivity contribution in [3.05, 3.63) is 127 Å². The number of hydrogen-bond donors (Lipinski definition) is 0. The Hall–Kier alpha value is -3.75. The predicted octanol–water partition coefficient (Wildman–Crippen LogP) is 3.55. The van der Waals surface area contributed by atoms with Gasteiger partial charge in [-0.2, -0.15) is 0 Å². The summed E-state index contributed by atoms with van der Waals surface area (Å²) < 4.78 is 5.58. The van der Waals surface area contributed by atoms with Crippen LogP contribution in [0.3, 0.4) is 0 Å². The number of aromatic carboxylic acids is 1. The Morgan fingerprint density at radius 3 is 1.24 bits per heavy atom. The minimum Gasteiger partial charge on any atom is -0.545 e. The van der Waals surface area contributed by atoms with Gasteiger partial charge in [-0.3, -0.25) is 4.79 Å². The van der Waals surface area contributed by atoms with Crippen molar-refractivity contribution < 1.29 is 19.4 Å². The van der Waals surface area contributed by atoms with E-state index in [4.69, 9.17) is 4.74 Å². The number of carbonyl (C=O) groups excluding carboxylic acids is 2. The Labute approximate surface area is 194 Å². The quantitative estimate of drug-likeness (QED) is 0.329. The van der Waals surface area contributed by atoms with E-state index in [1.807, 2.05) is 54.6 Å². The molecule has 0 N–H and O–H groups in total. The fourth-order valence-electron chi connectivity index (χ4n) is 3.48. The molecule has 0 amide bonds. The summed E-state index contributed by atoms with van der Waals surface area (Å²) in [7, 11) is -2.05. The number of rotatable bonds is 6. The van der Waals surface area contributed by atoms with Gasteiger partial charge in [0.05, 0.1) is 5.97 Å². The maximum absolute atomic E-state index is 11.6. The number of carboxylic acid groups (broad SMARTS) is 1. The molecule has 0 unspecified atom stereocenters. The number of benzene rings is 4. The third-order valence-corrected chi connectivity index (χ3v) is 9.12. The zero-order valence-electron chi connectivity index (χ0n) is 18.3. The van der Waals surface area contributed by atoms with E-state index in [0.29, 0.717) is 6.35 Å². The molecule has 166 valence electrons. The lowest BCUT2D eigenvalue weighted by molar-refractivity contribution is -0.255. The molecule has 0 bridgehead atoms. The molecule has 0 aromatic heterocycles. The Bertz CT molecular complexity index is 1050. The van der Waals surface area contributed by atoms with E-state index < -0.39 is 13.2 Å². The number of esters is 1. The second-order valence-electron chi connectivity index (χ2n) is 7.23. The van der Waals surface area contributed by atoms with Crippen LogP contribution in [0, 0.1) is 0 Å². The lowest BCUT2D eigenvalue weighted by Gasteiger charge is -2.26. The van der Waals surface area contributed by atoms with Crippen molar-refractivity contribution in [2.24, 2.45) is 0 Å². The van der Waals surface area contributed by atoms with Gasteiger partial charge in [0.25, 0.3) is 0 Å². The van der Waals surface area contributed by atoms with Gasteiger partial charge in [0.2, 0.25) is 6.35 Å². The van der Waals surface area contributed by atoms with Crippen LogP contribution >= 0.6 is 7.26 Å². The fourth-order valence-corrected chi connectivity index (χ4v) is 7.24. The van der Waals surface area contributed by atoms with Gasteiger partial charge in [0, 0.05) is 6.92 Å². The second-order valence-corrected chi connectivity index (χ2v) is 10.7. The first-order valence-corrected chi connectivity index (χ1v) is 12.5. The standard InChI is InChI=1S/C21H20O2P.C7H6O2/c1-18(22)23-17-24(19-11-5-2-6-12-19,20-13-7-3-8-14-20)21-15-9-4-10-16-21;8-7(9)6-4-2-1-3-5-6/h2-16H,17H2,1H3;1-5H,(H,8,9)/q+1;/p-1. The maximum Gasteiger partial charge on any atom is 0.305 e. The van der Waals surface area contributed by atoms with Crippen LogP contribution in [0.4, 0.5) is 0 Å². The predicted molar refractivity (Wildman–Crippen MR) is 133 cm³/mol. The molecular formula is C28H25O4P. The van der Waals surface area contributed by atoms with Crippen molar-refractivity contribution in [1.82, 2.24) is 0 Å². The molecule has 33 heavy (non-hydrogen) atoms. The Morgan fingerprint density at radius 1 is 0.636 bits per heavy atom. The topological polar surface area (TPSA) is 66.4 Å². The second kappa shape index (κ2) is 11.8. The van der Waals surface area contributed by atoms with E-state index in [2.05, 4.69) is 36.4 Å². The van der Waals surface area contributed by atoms with Crippen LogP contribution in [0.5, 0.6) is 0 Å². The molecule has 0 heterocycles. The molecule has 0 aliphatic rings. The molecule has 0 aliphatic heterocycles. The highest BCUT2D eigenvalue weighted by molar-refractivity contribution is 7.95. The van der Waals surface area contributed by atoms with E-state index in [0.717, 1.165) is 0 Å². The van der Waals surface area contributed by atoms with Gasteiger partial charge in [-0.15, -0.1) is 0 Å². The molecule has 0 saturated carbocycles. The van der Waals surface area contributed by atoms with Crippen molar-refractivity contribution in [2.75, 3.05) is 6.35 Å². The summed E-state index contributed by atoms with van der Waals surface area (Å²) in [6, 6.07) is 39.2. The van der Waals surface area contributed by atoms with Crippen LogP contribution in [-0.2, 0) is 9.53 Å². The summed E-state index contributed by atoms with van der Waals surface area (Å²) in [5.74, 6) is -1.38. The van der Waals surface area contributed by atoms with Crippen LogP contribution in [0.2, 0.25) is 0 Å². The average molecular weight is 456 g/mol. The van der Waals surface area contributed by atoms with Gasteiger partial charge in [0.1, 0.15) is 15.9 Å². The SMILES string of the molecule is CC(=O)OC[P+](c1ccccc1)(c1ccccc1)c1ccccc1.O=C([O-])c1ccccc1. The van der Waals surface area contributed by atoms with Crippen LogP contribution in [0.25, 0.3) is 0 Å². The van der Waals surface area contributed by atoms with Crippen LogP contribution in [0.15, 0.2) is 121 Å². The molecular weight excluding hydrogens is 431 g/mol. The van der Waals surface area contributed by atoms with Gasteiger partial charge < -0.3 is 14.6 Å². The van der Waals surface area contributed by atoms with Crippen molar-refractivity contribution >= 4 is 35.1 Å². The highest BCUT2D eigenvalue weighted by atomic mass is 31.2. The summed E-state index contributed by atoms with van der Waals surface area (Å²) in [5.41, 5.74) is 0.220. The molecule has 4 rings (SSSR count). The van der Waals surface area contributed by atoms with Crippen LogP contribution in [0.1, 0.15) is 17.3 Å². The first-order chi connectivity index (χ1) is 16.0. The third-order valence-electron chi connectivity index (χ3n) is 5.06. The zero-order chi connectivity index (χ0) is 23.5. The van der Waals surface area contributed by atoms with Crippen LogP contribution < -0.4 is 21.0 Å². The number of carbonyl (C=O) groups is 2. The summed E-state index contributed by atoms with van der Waals surface area (Å²) in [4.78, 5) is 21.7. The Morgan fingerprint density at radius 2 is 0.970 bits per heavy atom. The van der Waals surface area contributed by atoms with E-state index in [-0.39, 0.29) is 11.5 Å². The molecule has 0 saturated heterocycles. The van der Waals surface area contributed by atoms with Crippen molar-refractivity contribution in [1.29, 1.82) is 0 Å². The molecule has 0 fully saturated rings. The minimum atomic E-state index is -2.05. The van der Waals surface area contributed by atoms with Crippen LogP contribution in [-0.4, -0.2) is 18.3 Å². The summed E-state index contributed by atoms with van der Waals surface area (Å²) >= 11 is 0. The Balaban J connectivity index is 0.000000286. The van der Waals surface area contributed by atoms with Gasteiger partial charge in [0.15, 0.2) is 7.26 Å². The van der Waals surface area contributed by atoms with Gasteiger partial charge in [-0.1, -0.05) is 84.9 Å². The molecule has 5 heteroatoms. The minimum absolute atomic E-state index is 0.220. The largest absolute Gasteiger partial charge is 0.545 e. The Kier molecular flexibility index (Phi) is 8.51. The van der Waals surface area contributed by atoms with Gasteiger partial charge in [-0.25, -0.2) is 0 Å². The number of hydrogen-bond acceptors (Lipinski definition) is 4. The summed E-state index contributed by atoms with van der Waals surface area (Å²) in [6.45, 7) is 1.47. The first kappa shape index (κ1) is 23.9. The normalized spacial score (nSPS) is 10.5. The highest BCUT2D eigenvalue weighted by Crippen LogP contribution is 2.55. The molecule has 0 radical (unpaired) electrons. The fraction of sp³-hybridized carbons (Fsp3) is 0.0714. The maximum atomic E-state index is 11.6. The highest BCUT2D eigenvalue weighted by Gasteiger charge is 2.46. The summed E-state index contributed by atoms with van der Waals surface area (Å²) in [5, 5.41) is 13.7. The van der Waals surface area contributed by atoms with Gasteiger partial charge in [-0.05, 0) is 42.0 Å². The smallest absolute Gasteiger partial charge is 0.305 e. The van der Waals surface area contributed by atoms with Crippen molar-refractivity contribution in [3.8, 4) is 0 Å². The van der Waals surface area contributed by atoms with Crippen molar-refractivity contribution in [2.45, 2.75) is 6.92 Å². The molecule has 4 aromatic carbocycles. The monoisotopic (exact) mass is 456 g/mol. The number of ether oxygens (including phenoxy) is 1. The zero-order valence-corrected chi connectivity index (χ0v) is 19.2.